The van der Waals surface area contributed by atoms with Crippen molar-refractivity contribution in [3.8, 4) is 0 Å². The maximum absolute atomic E-state index is 12.5. The summed E-state index contributed by atoms with van der Waals surface area (Å²) in [6, 6.07) is 2.05. The van der Waals surface area contributed by atoms with Crippen molar-refractivity contribution in [3.63, 3.8) is 0 Å². The fraction of sp³-hybridized carbons (Fsp3) is 0.600. The number of nitrogens with one attached hydrogen (secondary N) is 1. The van der Waals surface area contributed by atoms with Gasteiger partial charge in [-0.1, -0.05) is 30.9 Å². The molecular weight excluding hydrogens is 274 g/mol. The molecule has 1 aliphatic carbocycles. The smallest absolute Gasteiger partial charge is 0.255 e. The first-order valence-corrected chi connectivity index (χ1v) is 7.68. The Hall–Kier alpha value is -1.29. The summed E-state index contributed by atoms with van der Waals surface area (Å²) in [4.78, 5) is 18.5. The van der Waals surface area contributed by atoms with E-state index in [1.54, 1.807) is 12.3 Å². The van der Waals surface area contributed by atoms with Crippen molar-refractivity contribution >= 4 is 23.3 Å². The van der Waals surface area contributed by atoms with Gasteiger partial charge in [0.2, 0.25) is 0 Å². The lowest BCUT2D eigenvalue weighted by Crippen LogP contribution is -2.38. The Balaban J connectivity index is 2.09. The minimum Gasteiger partial charge on any atom is -0.369 e. The fourth-order valence-corrected chi connectivity index (χ4v) is 2.92. The Morgan fingerprint density at radius 2 is 2.15 bits per heavy atom. The number of hydrogen-bond acceptors (Lipinski definition) is 3. The molecule has 1 heterocycles. The van der Waals surface area contributed by atoms with Gasteiger partial charge >= 0.3 is 0 Å². The highest BCUT2D eigenvalue weighted by molar-refractivity contribution is 6.33. The predicted octanol–water partition coefficient (Wildman–Crippen LogP) is 3.57. The van der Waals surface area contributed by atoms with E-state index in [0.717, 1.165) is 19.4 Å². The summed E-state index contributed by atoms with van der Waals surface area (Å²) in [7, 11) is 1.88. The molecule has 1 saturated carbocycles. The van der Waals surface area contributed by atoms with Gasteiger partial charge in [-0.2, -0.15) is 0 Å². The molecule has 0 atom stereocenters. The first-order valence-electron chi connectivity index (χ1n) is 7.30. The van der Waals surface area contributed by atoms with Gasteiger partial charge in [0, 0.05) is 25.8 Å². The van der Waals surface area contributed by atoms with Gasteiger partial charge in [-0.05, 0) is 25.8 Å². The molecule has 5 heteroatoms. The molecule has 1 amide bonds. The first kappa shape index (κ1) is 15.1. The zero-order valence-electron chi connectivity index (χ0n) is 12.2. The minimum atomic E-state index is 0.00866. The van der Waals surface area contributed by atoms with E-state index in [9.17, 15) is 4.79 Å². The van der Waals surface area contributed by atoms with Crippen LogP contribution in [0.1, 0.15) is 49.4 Å². The van der Waals surface area contributed by atoms with Gasteiger partial charge in [0.15, 0.2) is 0 Å². The molecule has 0 spiro atoms. The Bertz CT molecular complexity index is 472. The van der Waals surface area contributed by atoms with Gasteiger partial charge in [0.05, 0.1) is 10.6 Å². The third-order valence-corrected chi connectivity index (χ3v) is 4.16. The van der Waals surface area contributed by atoms with Crippen LogP contribution >= 0.6 is 11.6 Å². The van der Waals surface area contributed by atoms with E-state index in [0.29, 0.717) is 22.4 Å². The van der Waals surface area contributed by atoms with Crippen LogP contribution in [0, 0.1) is 0 Å². The van der Waals surface area contributed by atoms with Crippen molar-refractivity contribution in [2.75, 3.05) is 18.9 Å². The molecule has 1 aromatic heterocycles. The molecule has 2 rings (SSSR count). The number of carbonyl (C=O) groups excluding carboxylic acids is 1. The molecule has 1 aromatic rings. The SMILES string of the molecule is CCNc1ncc(C(=O)N(C)C2CCCCC2)cc1Cl. The molecule has 0 aliphatic heterocycles. The number of nitrogens with zero attached hydrogens (tertiary/aromatic N) is 2. The first-order chi connectivity index (χ1) is 9.63. The van der Waals surface area contributed by atoms with E-state index < -0.39 is 0 Å². The quantitative estimate of drug-likeness (QED) is 0.923. The number of halogens is 1. The summed E-state index contributed by atoms with van der Waals surface area (Å²) in [5.74, 6) is 0.639. The molecule has 1 aliphatic rings. The fourth-order valence-electron chi connectivity index (χ4n) is 2.69. The second kappa shape index (κ2) is 6.93. The number of pyridine rings is 1. The summed E-state index contributed by atoms with van der Waals surface area (Å²) in [6.07, 6.45) is 7.49. The normalized spacial score (nSPS) is 15.9. The monoisotopic (exact) mass is 295 g/mol. The molecule has 0 saturated heterocycles. The lowest BCUT2D eigenvalue weighted by atomic mass is 9.94. The van der Waals surface area contributed by atoms with Crippen LogP contribution in [0.25, 0.3) is 0 Å². The van der Waals surface area contributed by atoms with Crippen LogP contribution < -0.4 is 5.32 Å². The summed E-state index contributed by atoms with van der Waals surface area (Å²) >= 11 is 6.15. The second-order valence-corrected chi connectivity index (χ2v) is 5.70. The van der Waals surface area contributed by atoms with Gasteiger partial charge in [0.25, 0.3) is 5.91 Å². The van der Waals surface area contributed by atoms with E-state index >= 15 is 0 Å². The topological polar surface area (TPSA) is 45.2 Å². The largest absolute Gasteiger partial charge is 0.369 e. The molecule has 0 aromatic carbocycles. The van der Waals surface area contributed by atoms with Gasteiger partial charge in [-0.25, -0.2) is 4.98 Å². The number of hydrogen-bond donors (Lipinski definition) is 1. The van der Waals surface area contributed by atoms with E-state index in [1.165, 1.54) is 19.3 Å². The number of amides is 1. The Labute approximate surface area is 125 Å². The molecular formula is C15H22ClN3O. The van der Waals surface area contributed by atoms with Crippen molar-refractivity contribution in [1.82, 2.24) is 9.88 Å². The second-order valence-electron chi connectivity index (χ2n) is 5.29. The van der Waals surface area contributed by atoms with Crippen LogP contribution in [0.4, 0.5) is 5.82 Å². The average molecular weight is 296 g/mol. The molecule has 1 N–H and O–H groups in total. The summed E-state index contributed by atoms with van der Waals surface area (Å²) in [5, 5.41) is 3.56. The van der Waals surface area contributed by atoms with Gasteiger partial charge in [-0.3, -0.25) is 4.79 Å². The zero-order valence-corrected chi connectivity index (χ0v) is 12.9. The number of carbonyl (C=O) groups is 1. The van der Waals surface area contributed by atoms with Gasteiger partial charge in [0.1, 0.15) is 5.82 Å². The van der Waals surface area contributed by atoms with Gasteiger partial charge in [-0.15, -0.1) is 0 Å². The predicted molar refractivity (Wildman–Crippen MR) is 82.4 cm³/mol. The molecule has 1 fully saturated rings. The maximum Gasteiger partial charge on any atom is 0.255 e. The van der Waals surface area contributed by atoms with Crippen molar-refractivity contribution in [2.45, 2.75) is 45.1 Å². The van der Waals surface area contributed by atoms with Crippen molar-refractivity contribution in [1.29, 1.82) is 0 Å². The van der Waals surface area contributed by atoms with Crippen LogP contribution in [0.15, 0.2) is 12.3 Å². The summed E-state index contributed by atoms with van der Waals surface area (Å²) in [6.45, 7) is 2.73. The van der Waals surface area contributed by atoms with Crippen LogP contribution in [-0.2, 0) is 0 Å². The van der Waals surface area contributed by atoms with E-state index in [1.807, 2.05) is 18.9 Å². The minimum absolute atomic E-state index is 0.00866. The zero-order chi connectivity index (χ0) is 14.5. The molecule has 4 nitrogen and oxygen atoms in total. The van der Waals surface area contributed by atoms with E-state index in [2.05, 4.69) is 10.3 Å². The van der Waals surface area contributed by atoms with Gasteiger partial charge < -0.3 is 10.2 Å². The molecule has 20 heavy (non-hydrogen) atoms. The average Bonchev–Trinajstić information content (AvgIpc) is 2.49. The lowest BCUT2D eigenvalue weighted by molar-refractivity contribution is 0.0696. The summed E-state index contributed by atoms with van der Waals surface area (Å²) < 4.78 is 0. The highest BCUT2D eigenvalue weighted by Crippen LogP contribution is 2.24. The maximum atomic E-state index is 12.5. The van der Waals surface area contributed by atoms with Crippen molar-refractivity contribution < 1.29 is 4.79 Å². The Morgan fingerprint density at radius 1 is 1.45 bits per heavy atom. The summed E-state index contributed by atoms with van der Waals surface area (Å²) in [5.41, 5.74) is 0.560. The third-order valence-electron chi connectivity index (χ3n) is 3.88. The van der Waals surface area contributed by atoms with Crippen molar-refractivity contribution in [2.24, 2.45) is 0 Å². The number of rotatable bonds is 4. The lowest BCUT2D eigenvalue weighted by Gasteiger charge is -2.31. The van der Waals surface area contributed by atoms with E-state index in [-0.39, 0.29) is 5.91 Å². The third kappa shape index (κ3) is 3.42. The van der Waals surface area contributed by atoms with Crippen LogP contribution in [0.2, 0.25) is 5.02 Å². The molecule has 0 radical (unpaired) electrons. The highest BCUT2D eigenvalue weighted by Gasteiger charge is 2.23. The van der Waals surface area contributed by atoms with Crippen LogP contribution in [0.3, 0.4) is 0 Å². The Morgan fingerprint density at radius 3 is 2.75 bits per heavy atom. The van der Waals surface area contributed by atoms with Crippen LogP contribution in [-0.4, -0.2) is 35.4 Å². The number of anilines is 1. The molecule has 0 bridgehead atoms. The van der Waals surface area contributed by atoms with E-state index in [4.69, 9.17) is 11.6 Å². The standard InChI is InChI=1S/C15H22ClN3O/c1-3-17-14-13(16)9-11(10-18-14)15(20)19(2)12-7-5-4-6-8-12/h9-10,12H,3-8H2,1-2H3,(H,17,18). The van der Waals surface area contributed by atoms with Crippen molar-refractivity contribution in [3.05, 3.63) is 22.8 Å². The van der Waals surface area contributed by atoms with Crippen LogP contribution in [0.5, 0.6) is 0 Å². The Kier molecular flexibility index (Phi) is 5.24. The molecule has 0 unspecified atom stereocenters. The highest BCUT2D eigenvalue weighted by atomic mass is 35.5. The number of aromatic nitrogens is 1. The molecule has 110 valence electrons.